The summed E-state index contributed by atoms with van der Waals surface area (Å²) in [6, 6.07) is 12.5. The van der Waals surface area contributed by atoms with Gasteiger partial charge in [0, 0.05) is 18.7 Å². The van der Waals surface area contributed by atoms with Crippen LogP contribution in [0, 0.1) is 0 Å². The fourth-order valence-electron chi connectivity index (χ4n) is 1.74. The first-order valence-corrected chi connectivity index (χ1v) is 8.58. The van der Waals surface area contributed by atoms with Crippen LogP contribution in [0.1, 0.15) is 43.6 Å². The van der Waals surface area contributed by atoms with Crippen molar-refractivity contribution in [3.05, 3.63) is 59.7 Å². The van der Waals surface area contributed by atoms with Crippen molar-refractivity contribution in [3.8, 4) is 11.5 Å². The van der Waals surface area contributed by atoms with E-state index < -0.39 is 6.16 Å². The molecule has 0 aliphatic carbocycles. The molecular formula is C21H26O7. The lowest BCUT2D eigenvalue weighted by Crippen LogP contribution is -2.12. The van der Waals surface area contributed by atoms with Crippen molar-refractivity contribution < 1.29 is 33.7 Å². The van der Waals surface area contributed by atoms with E-state index in [9.17, 15) is 19.5 Å². The zero-order chi connectivity index (χ0) is 21.5. The number of benzene rings is 2. The molecule has 2 rings (SSSR count). The molecule has 2 aromatic carbocycles. The largest absolute Gasteiger partial charge is 0.515 e. The van der Waals surface area contributed by atoms with Crippen LogP contribution in [0.3, 0.4) is 0 Å². The van der Waals surface area contributed by atoms with Gasteiger partial charge in [0.1, 0.15) is 17.3 Å². The van der Waals surface area contributed by atoms with Gasteiger partial charge in [-0.1, -0.05) is 44.2 Å². The highest BCUT2D eigenvalue weighted by Crippen LogP contribution is 2.26. The second-order valence-electron chi connectivity index (χ2n) is 5.19. The summed E-state index contributed by atoms with van der Waals surface area (Å²) in [6.07, 6.45) is -0.969. The minimum absolute atomic E-state index is 0.0585. The van der Waals surface area contributed by atoms with E-state index in [1.54, 1.807) is 30.3 Å². The number of hydrogen-bond donors (Lipinski definition) is 1. The first-order valence-electron chi connectivity index (χ1n) is 8.58. The van der Waals surface area contributed by atoms with Gasteiger partial charge in [0.05, 0.1) is 5.56 Å². The van der Waals surface area contributed by atoms with Crippen LogP contribution in [0.15, 0.2) is 48.5 Å². The molecule has 0 spiro atoms. The number of carbonyl (C=O) groups excluding carboxylic acids is 3. The Morgan fingerprint density at radius 1 is 0.964 bits per heavy atom. The minimum atomic E-state index is -0.969. The van der Waals surface area contributed by atoms with Gasteiger partial charge in [-0.05, 0) is 26.0 Å². The maximum atomic E-state index is 12.2. The van der Waals surface area contributed by atoms with E-state index in [0.717, 1.165) is 0 Å². The number of phenols is 1. The van der Waals surface area contributed by atoms with Crippen molar-refractivity contribution in [2.45, 2.75) is 27.7 Å². The van der Waals surface area contributed by atoms with Crippen LogP contribution < -0.4 is 4.74 Å². The summed E-state index contributed by atoms with van der Waals surface area (Å²) in [7, 11) is 1.36. The van der Waals surface area contributed by atoms with Crippen LogP contribution in [0.5, 0.6) is 11.5 Å². The van der Waals surface area contributed by atoms with Crippen LogP contribution in [-0.2, 0) is 14.3 Å². The molecule has 0 atom stereocenters. The van der Waals surface area contributed by atoms with Crippen LogP contribution in [0.25, 0.3) is 0 Å². The Labute approximate surface area is 164 Å². The van der Waals surface area contributed by atoms with Crippen molar-refractivity contribution in [1.82, 2.24) is 0 Å². The van der Waals surface area contributed by atoms with Crippen LogP contribution in [0.2, 0.25) is 0 Å². The zero-order valence-electron chi connectivity index (χ0n) is 16.7. The third-order valence-electron chi connectivity index (χ3n) is 2.75. The van der Waals surface area contributed by atoms with Gasteiger partial charge in [0.25, 0.3) is 0 Å². The fourth-order valence-corrected chi connectivity index (χ4v) is 1.74. The van der Waals surface area contributed by atoms with E-state index in [1.807, 2.05) is 13.8 Å². The molecule has 7 heteroatoms. The summed E-state index contributed by atoms with van der Waals surface area (Å²) >= 11 is 0. The highest BCUT2D eigenvalue weighted by atomic mass is 16.8. The SMILES string of the molecule is CC.CC(C)=O.COCOC(=O)Oc1ccc(C(=O)c2ccccc2)c(O)c1. The predicted molar refractivity (Wildman–Crippen MR) is 105 cm³/mol. The quantitative estimate of drug-likeness (QED) is 0.350. The molecule has 28 heavy (non-hydrogen) atoms. The average molecular weight is 390 g/mol. The molecule has 1 N–H and O–H groups in total. The summed E-state index contributed by atoms with van der Waals surface area (Å²) in [4.78, 5) is 32.9. The average Bonchev–Trinajstić information content (AvgIpc) is 2.68. The topological polar surface area (TPSA) is 99.1 Å². The third kappa shape index (κ3) is 9.49. The number of carbonyl (C=O) groups is 3. The first-order chi connectivity index (χ1) is 13.3. The molecule has 0 radical (unpaired) electrons. The van der Waals surface area contributed by atoms with E-state index in [4.69, 9.17) is 4.74 Å². The number of ketones is 2. The molecule has 0 saturated heterocycles. The Morgan fingerprint density at radius 2 is 1.54 bits per heavy atom. The lowest BCUT2D eigenvalue weighted by Gasteiger charge is -2.08. The molecule has 0 bridgehead atoms. The van der Waals surface area contributed by atoms with Crippen molar-refractivity contribution in [3.63, 3.8) is 0 Å². The Morgan fingerprint density at radius 3 is 2.04 bits per heavy atom. The molecule has 0 unspecified atom stereocenters. The van der Waals surface area contributed by atoms with Gasteiger partial charge in [-0.15, -0.1) is 0 Å². The van der Waals surface area contributed by atoms with Crippen LogP contribution >= 0.6 is 0 Å². The molecular weight excluding hydrogens is 364 g/mol. The summed E-state index contributed by atoms with van der Waals surface area (Å²) in [5.41, 5.74) is 0.565. The van der Waals surface area contributed by atoms with Gasteiger partial charge in [-0.25, -0.2) is 4.79 Å². The molecule has 0 aliphatic rings. The number of hydrogen-bond acceptors (Lipinski definition) is 7. The predicted octanol–water partition coefficient (Wildman–Crippen LogP) is 4.36. The molecule has 0 fully saturated rings. The van der Waals surface area contributed by atoms with Gasteiger partial charge < -0.3 is 24.1 Å². The molecule has 0 saturated carbocycles. The maximum Gasteiger partial charge on any atom is 0.515 e. The smallest absolute Gasteiger partial charge is 0.507 e. The number of rotatable bonds is 5. The zero-order valence-corrected chi connectivity index (χ0v) is 16.7. The molecule has 0 amide bonds. The second kappa shape index (κ2) is 13.9. The third-order valence-corrected chi connectivity index (χ3v) is 2.75. The number of phenolic OH excluding ortho intramolecular Hbond substituents is 1. The highest BCUT2D eigenvalue weighted by molar-refractivity contribution is 6.10. The summed E-state index contributed by atoms with van der Waals surface area (Å²) in [6.45, 7) is 6.81. The summed E-state index contributed by atoms with van der Waals surface area (Å²) in [5, 5.41) is 9.93. The van der Waals surface area contributed by atoms with Crippen molar-refractivity contribution in [2.75, 3.05) is 13.9 Å². The molecule has 0 aliphatic heterocycles. The number of ether oxygens (including phenoxy) is 3. The van der Waals surface area contributed by atoms with Gasteiger partial charge in [-0.3, -0.25) is 4.79 Å². The fraction of sp³-hybridized carbons (Fsp3) is 0.286. The van der Waals surface area contributed by atoms with E-state index in [0.29, 0.717) is 5.56 Å². The van der Waals surface area contributed by atoms with Crippen molar-refractivity contribution >= 4 is 17.7 Å². The second-order valence-corrected chi connectivity index (χ2v) is 5.19. The Balaban J connectivity index is 0.00000108. The van der Waals surface area contributed by atoms with Gasteiger partial charge in [0.15, 0.2) is 12.6 Å². The van der Waals surface area contributed by atoms with Gasteiger partial charge in [0.2, 0.25) is 0 Å². The Hall–Kier alpha value is -3.19. The summed E-state index contributed by atoms with van der Waals surface area (Å²) < 4.78 is 13.9. The summed E-state index contributed by atoms with van der Waals surface area (Å²) in [5.74, 6) is -0.388. The van der Waals surface area contributed by atoms with E-state index in [-0.39, 0.29) is 35.4 Å². The number of methoxy groups -OCH3 is 1. The van der Waals surface area contributed by atoms with E-state index in [2.05, 4.69) is 9.47 Å². The first kappa shape index (κ1) is 24.8. The number of Topliss-reactive ketones (excluding diaryl/α,β-unsaturated/α-hetero) is 1. The highest BCUT2D eigenvalue weighted by Gasteiger charge is 2.15. The van der Waals surface area contributed by atoms with E-state index in [1.165, 1.54) is 39.2 Å². The molecule has 152 valence electrons. The Kier molecular flexibility index (Phi) is 12.4. The van der Waals surface area contributed by atoms with Crippen LogP contribution in [-0.4, -0.2) is 36.7 Å². The lowest BCUT2D eigenvalue weighted by molar-refractivity contribution is -0.115. The Bertz CT molecular complexity index is 751. The van der Waals surface area contributed by atoms with Gasteiger partial charge >= 0.3 is 6.16 Å². The standard InChI is InChI=1S/C16H14O6.C3H6O.C2H6/c1-20-10-21-16(19)22-12-7-8-13(14(17)9-12)15(18)11-5-3-2-4-6-11;1-3(2)4;1-2/h2-9,17H,10H2,1H3;1-2H3;1-2H3. The number of aromatic hydroxyl groups is 1. The molecule has 0 heterocycles. The molecule has 7 nitrogen and oxygen atoms in total. The van der Waals surface area contributed by atoms with Crippen molar-refractivity contribution in [1.29, 1.82) is 0 Å². The normalized spacial score (nSPS) is 9.04. The maximum absolute atomic E-state index is 12.2. The van der Waals surface area contributed by atoms with Gasteiger partial charge in [-0.2, -0.15) is 0 Å². The molecule has 0 aromatic heterocycles. The minimum Gasteiger partial charge on any atom is -0.507 e. The van der Waals surface area contributed by atoms with Crippen molar-refractivity contribution in [2.24, 2.45) is 0 Å². The van der Waals surface area contributed by atoms with Crippen LogP contribution in [0.4, 0.5) is 4.79 Å². The molecule has 2 aromatic rings. The lowest BCUT2D eigenvalue weighted by atomic mass is 10.0. The monoisotopic (exact) mass is 390 g/mol. The van der Waals surface area contributed by atoms with E-state index >= 15 is 0 Å².